The Morgan fingerprint density at radius 1 is 1.11 bits per heavy atom. The number of ether oxygens (including phenoxy) is 3. The molecule has 5 heteroatoms. The van der Waals surface area contributed by atoms with E-state index in [1.807, 2.05) is 19.9 Å². The lowest BCUT2D eigenvalue weighted by molar-refractivity contribution is 0.0600. The van der Waals surface area contributed by atoms with Gasteiger partial charge in [0.1, 0.15) is 18.1 Å². The summed E-state index contributed by atoms with van der Waals surface area (Å²) < 4.78 is 16.0. The van der Waals surface area contributed by atoms with Crippen molar-refractivity contribution in [3.8, 4) is 11.5 Å². The zero-order chi connectivity index (χ0) is 19.4. The van der Waals surface area contributed by atoms with Crippen LogP contribution in [-0.4, -0.2) is 25.5 Å². The Labute approximate surface area is 157 Å². The van der Waals surface area contributed by atoms with Crippen LogP contribution in [0.1, 0.15) is 40.1 Å². The summed E-state index contributed by atoms with van der Waals surface area (Å²) in [7, 11) is 1.33. The third kappa shape index (κ3) is 4.26. The fourth-order valence-electron chi connectivity index (χ4n) is 2.55. The number of carbonyl (C=O) groups excluding carboxylic acids is 2. The van der Waals surface area contributed by atoms with Crippen molar-refractivity contribution in [2.45, 2.75) is 13.8 Å². The van der Waals surface area contributed by atoms with Crippen LogP contribution >= 0.6 is 0 Å². The van der Waals surface area contributed by atoms with E-state index in [0.717, 1.165) is 5.56 Å². The maximum absolute atomic E-state index is 12.5. The summed E-state index contributed by atoms with van der Waals surface area (Å²) in [6, 6.07) is 11.9. The number of benzene rings is 2. The number of allylic oxidation sites excluding steroid dienone is 2. The zero-order valence-corrected chi connectivity index (χ0v) is 15.4. The van der Waals surface area contributed by atoms with Crippen molar-refractivity contribution in [1.82, 2.24) is 0 Å². The Kier molecular flexibility index (Phi) is 5.41. The highest BCUT2D eigenvalue weighted by Gasteiger charge is 2.27. The van der Waals surface area contributed by atoms with Crippen LogP contribution in [0.15, 0.2) is 59.9 Å². The van der Waals surface area contributed by atoms with Crippen molar-refractivity contribution in [1.29, 1.82) is 0 Å². The molecule has 3 rings (SSSR count). The lowest BCUT2D eigenvalue weighted by Crippen LogP contribution is -2.01. The van der Waals surface area contributed by atoms with Gasteiger partial charge in [-0.3, -0.25) is 4.79 Å². The summed E-state index contributed by atoms with van der Waals surface area (Å²) in [4.78, 5) is 24.0. The number of fused-ring (bicyclic) bond motifs is 1. The van der Waals surface area contributed by atoms with E-state index in [4.69, 9.17) is 9.47 Å². The molecule has 0 fully saturated rings. The van der Waals surface area contributed by atoms with Gasteiger partial charge < -0.3 is 14.2 Å². The van der Waals surface area contributed by atoms with Crippen molar-refractivity contribution in [2.75, 3.05) is 13.7 Å². The van der Waals surface area contributed by atoms with E-state index >= 15 is 0 Å². The van der Waals surface area contributed by atoms with Crippen LogP contribution in [0.3, 0.4) is 0 Å². The minimum absolute atomic E-state index is 0.183. The Hall–Kier alpha value is -3.34. The fourth-order valence-corrected chi connectivity index (χ4v) is 2.55. The highest BCUT2D eigenvalue weighted by Crippen LogP contribution is 2.34. The van der Waals surface area contributed by atoms with E-state index in [2.05, 4.69) is 4.74 Å². The van der Waals surface area contributed by atoms with E-state index < -0.39 is 5.97 Å². The van der Waals surface area contributed by atoms with Crippen LogP contribution in [-0.2, 0) is 4.74 Å². The van der Waals surface area contributed by atoms with Gasteiger partial charge in [0, 0.05) is 6.07 Å². The molecule has 0 saturated heterocycles. The van der Waals surface area contributed by atoms with Gasteiger partial charge >= 0.3 is 5.97 Å². The largest absolute Gasteiger partial charge is 0.489 e. The average Bonchev–Trinajstić information content (AvgIpc) is 2.96. The van der Waals surface area contributed by atoms with Crippen LogP contribution < -0.4 is 9.47 Å². The van der Waals surface area contributed by atoms with Gasteiger partial charge in [-0.15, -0.1) is 0 Å². The predicted octanol–water partition coefficient (Wildman–Crippen LogP) is 4.43. The molecule has 0 unspecified atom stereocenters. The summed E-state index contributed by atoms with van der Waals surface area (Å²) in [5.74, 6) is 0.764. The van der Waals surface area contributed by atoms with Gasteiger partial charge in [-0.25, -0.2) is 4.79 Å². The van der Waals surface area contributed by atoms with E-state index in [1.165, 1.54) is 12.7 Å². The molecular formula is C22H20O5. The molecule has 0 N–H and O–H groups in total. The second-order valence-electron chi connectivity index (χ2n) is 6.30. The van der Waals surface area contributed by atoms with Crippen molar-refractivity contribution < 1.29 is 23.8 Å². The normalized spacial score (nSPS) is 13.7. The standard InChI is InChI=1S/C22H20O5/c1-14(2)10-11-26-17-8-9-18-19(13-17)27-20(21(18)23)12-15-4-6-16(7-5-15)22(24)25-3/h4-10,12-13H,11H2,1-3H3/b20-12-. The van der Waals surface area contributed by atoms with Crippen LogP contribution in [0.2, 0.25) is 0 Å². The first kappa shape index (κ1) is 18.5. The van der Waals surface area contributed by atoms with Crippen molar-refractivity contribution in [3.63, 3.8) is 0 Å². The third-order valence-corrected chi connectivity index (χ3v) is 4.01. The van der Waals surface area contributed by atoms with Crippen LogP contribution in [0.25, 0.3) is 6.08 Å². The molecule has 2 aromatic rings. The first-order valence-electron chi connectivity index (χ1n) is 8.51. The minimum Gasteiger partial charge on any atom is -0.489 e. The van der Waals surface area contributed by atoms with E-state index in [-0.39, 0.29) is 11.5 Å². The SMILES string of the molecule is COC(=O)c1ccc(/C=C2\Oc3cc(OCC=C(C)C)ccc3C2=O)cc1. The zero-order valence-electron chi connectivity index (χ0n) is 15.4. The van der Waals surface area contributed by atoms with Gasteiger partial charge in [-0.05, 0) is 55.8 Å². The predicted molar refractivity (Wildman–Crippen MR) is 102 cm³/mol. The van der Waals surface area contributed by atoms with Crippen LogP contribution in [0.4, 0.5) is 0 Å². The van der Waals surface area contributed by atoms with Crippen molar-refractivity contribution in [3.05, 3.63) is 76.6 Å². The molecule has 1 aliphatic heterocycles. The van der Waals surface area contributed by atoms with Gasteiger partial charge in [-0.1, -0.05) is 17.7 Å². The Morgan fingerprint density at radius 3 is 2.52 bits per heavy atom. The molecular weight excluding hydrogens is 344 g/mol. The maximum Gasteiger partial charge on any atom is 0.337 e. The van der Waals surface area contributed by atoms with Gasteiger partial charge in [0.25, 0.3) is 0 Å². The van der Waals surface area contributed by atoms with Crippen molar-refractivity contribution >= 4 is 17.8 Å². The maximum atomic E-state index is 12.5. The van der Waals surface area contributed by atoms with Crippen LogP contribution in [0, 0.1) is 0 Å². The Balaban J connectivity index is 1.76. The molecule has 1 aliphatic rings. The highest BCUT2D eigenvalue weighted by molar-refractivity contribution is 6.14. The number of hydrogen-bond donors (Lipinski definition) is 0. The minimum atomic E-state index is -0.407. The van der Waals surface area contributed by atoms with Crippen molar-refractivity contribution in [2.24, 2.45) is 0 Å². The molecule has 27 heavy (non-hydrogen) atoms. The van der Waals surface area contributed by atoms with Gasteiger partial charge in [0.15, 0.2) is 5.76 Å². The summed E-state index contributed by atoms with van der Waals surface area (Å²) in [6.45, 7) is 4.47. The molecule has 0 saturated carbocycles. The topological polar surface area (TPSA) is 61.8 Å². The second kappa shape index (κ2) is 7.91. The highest BCUT2D eigenvalue weighted by atomic mass is 16.5. The number of rotatable bonds is 5. The lowest BCUT2D eigenvalue weighted by Gasteiger charge is -2.05. The summed E-state index contributed by atoms with van der Waals surface area (Å²) in [6.07, 6.45) is 3.62. The second-order valence-corrected chi connectivity index (χ2v) is 6.30. The number of ketones is 1. The Bertz CT molecular complexity index is 932. The van der Waals surface area contributed by atoms with E-state index in [0.29, 0.717) is 29.2 Å². The van der Waals surface area contributed by atoms with Gasteiger partial charge in [0.2, 0.25) is 5.78 Å². The fraction of sp³-hybridized carbons (Fsp3) is 0.182. The first-order valence-corrected chi connectivity index (χ1v) is 8.51. The van der Waals surface area contributed by atoms with Gasteiger partial charge in [0.05, 0.1) is 18.2 Å². The number of hydrogen-bond acceptors (Lipinski definition) is 5. The number of Topliss-reactive ketones (excluding diaryl/α,β-unsaturated/α-hetero) is 1. The molecule has 138 valence electrons. The molecule has 5 nitrogen and oxygen atoms in total. The van der Waals surface area contributed by atoms with Crippen LogP contribution in [0.5, 0.6) is 11.5 Å². The summed E-state index contributed by atoms with van der Waals surface area (Å²) in [5.41, 5.74) is 2.87. The lowest BCUT2D eigenvalue weighted by atomic mass is 10.1. The molecule has 2 aromatic carbocycles. The van der Waals surface area contributed by atoms with E-state index in [9.17, 15) is 9.59 Å². The molecule has 0 atom stereocenters. The average molecular weight is 364 g/mol. The van der Waals surface area contributed by atoms with Gasteiger partial charge in [-0.2, -0.15) is 0 Å². The molecule has 1 heterocycles. The molecule has 0 spiro atoms. The van der Waals surface area contributed by atoms with E-state index in [1.54, 1.807) is 48.5 Å². The quantitative estimate of drug-likeness (QED) is 0.446. The summed E-state index contributed by atoms with van der Waals surface area (Å²) in [5, 5.41) is 0. The number of carbonyl (C=O) groups is 2. The molecule has 0 bridgehead atoms. The molecule has 0 aromatic heterocycles. The smallest absolute Gasteiger partial charge is 0.337 e. The molecule has 0 radical (unpaired) electrons. The molecule has 0 aliphatic carbocycles. The number of esters is 1. The monoisotopic (exact) mass is 364 g/mol. The summed E-state index contributed by atoms with van der Waals surface area (Å²) >= 11 is 0. The Morgan fingerprint density at radius 2 is 1.85 bits per heavy atom. The third-order valence-electron chi connectivity index (χ3n) is 4.01. The molecule has 0 amide bonds. The number of methoxy groups -OCH3 is 1. The first-order chi connectivity index (χ1) is 13.0.